The van der Waals surface area contributed by atoms with E-state index < -0.39 is 30.2 Å². The highest BCUT2D eigenvalue weighted by Gasteiger charge is 2.41. The number of aliphatic carboxylic acids is 1. The maximum Gasteiger partial charge on any atom is 0.303 e. The minimum atomic E-state index is -0.927. The van der Waals surface area contributed by atoms with Crippen molar-refractivity contribution in [3.8, 4) is 5.75 Å². The lowest BCUT2D eigenvalue weighted by atomic mass is 9.99. The predicted molar refractivity (Wildman–Crippen MR) is 107 cm³/mol. The van der Waals surface area contributed by atoms with Crippen LogP contribution in [0, 0.1) is 5.92 Å². The summed E-state index contributed by atoms with van der Waals surface area (Å²) in [6, 6.07) is 6.80. The van der Waals surface area contributed by atoms with E-state index in [4.69, 9.17) is 26.2 Å². The molecule has 160 valence electrons. The van der Waals surface area contributed by atoms with Gasteiger partial charge < -0.3 is 24.8 Å². The Bertz CT molecular complexity index is 706. The number of aliphatic hydroxyl groups is 2. The van der Waals surface area contributed by atoms with Crippen LogP contribution < -0.4 is 4.74 Å². The summed E-state index contributed by atoms with van der Waals surface area (Å²) in [5.74, 6) is -0.874. The fourth-order valence-electron chi connectivity index (χ4n) is 3.17. The van der Waals surface area contributed by atoms with Gasteiger partial charge in [-0.1, -0.05) is 29.8 Å². The number of carboxylic acid groups (broad SMARTS) is 1. The van der Waals surface area contributed by atoms with E-state index in [0.29, 0.717) is 30.0 Å². The molecule has 1 aliphatic rings. The molecule has 0 aromatic heterocycles. The summed E-state index contributed by atoms with van der Waals surface area (Å²) in [4.78, 5) is 22.6. The van der Waals surface area contributed by atoms with Crippen molar-refractivity contribution in [3.05, 3.63) is 41.4 Å². The lowest BCUT2D eigenvalue weighted by Gasteiger charge is -2.22. The molecule has 1 fully saturated rings. The second-order valence-corrected chi connectivity index (χ2v) is 7.49. The Morgan fingerprint density at radius 2 is 2.10 bits per heavy atom. The normalized spacial score (nSPS) is 22.9. The summed E-state index contributed by atoms with van der Waals surface area (Å²) in [5.41, 5.74) is 0. The third-order valence-corrected chi connectivity index (χ3v) is 4.87. The van der Waals surface area contributed by atoms with Crippen molar-refractivity contribution in [2.45, 2.75) is 50.4 Å². The summed E-state index contributed by atoms with van der Waals surface area (Å²) in [6.45, 7) is -0.0837. The molecule has 3 N–H and O–H groups in total. The molecule has 1 aromatic rings. The molecule has 1 aromatic carbocycles. The van der Waals surface area contributed by atoms with E-state index in [1.165, 1.54) is 0 Å². The van der Waals surface area contributed by atoms with Gasteiger partial charge >= 0.3 is 5.97 Å². The van der Waals surface area contributed by atoms with E-state index in [0.717, 1.165) is 0 Å². The van der Waals surface area contributed by atoms with E-state index in [1.807, 2.05) is 12.2 Å². The van der Waals surface area contributed by atoms with Gasteiger partial charge in [-0.3, -0.25) is 9.59 Å². The monoisotopic (exact) mass is 426 g/mol. The van der Waals surface area contributed by atoms with Crippen LogP contribution in [0.25, 0.3) is 0 Å². The van der Waals surface area contributed by atoms with Gasteiger partial charge in [-0.05, 0) is 37.5 Å². The smallest absolute Gasteiger partial charge is 0.303 e. The van der Waals surface area contributed by atoms with Crippen LogP contribution in [0.5, 0.6) is 5.75 Å². The number of carboxylic acids is 1. The molecule has 0 amide bonds. The molecule has 0 radical (unpaired) electrons. The Morgan fingerprint density at radius 3 is 2.83 bits per heavy atom. The zero-order chi connectivity index (χ0) is 21.2. The minimum Gasteiger partial charge on any atom is -0.491 e. The Hall–Kier alpha value is -1.93. The SMILES string of the molecule is O=C(O)CCCC=CCC1C(=O)CC(O)C1OCC(O)COc1cccc(Cl)c1. The van der Waals surface area contributed by atoms with Crippen LogP contribution in [-0.2, 0) is 14.3 Å². The van der Waals surface area contributed by atoms with Crippen LogP contribution in [0.15, 0.2) is 36.4 Å². The Labute approximate surface area is 174 Å². The molecule has 0 aliphatic heterocycles. The highest BCUT2D eigenvalue weighted by atomic mass is 35.5. The van der Waals surface area contributed by atoms with Crippen molar-refractivity contribution < 1.29 is 34.4 Å². The summed E-state index contributed by atoms with van der Waals surface area (Å²) in [7, 11) is 0. The molecule has 4 atom stereocenters. The number of Topliss-reactive ketones (excluding diaryl/α,β-unsaturated/α-hetero) is 1. The van der Waals surface area contributed by atoms with Crippen LogP contribution in [-0.4, -0.2) is 58.6 Å². The first-order valence-electron chi connectivity index (χ1n) is 9.62. The second-order valence-electron chi connectivity index (χ2n) is 7.06. The number of ketones is 1. The Morgan fingerprint density at radius 1 is 1.31 bits per heavy atom. The number of aliphatic hydroxyl groups excluding tert-OH is 2. The molecule has 0 heterocycles. The first-order valence-corrected chi connectivity index (χ1v) is 10.00. The predicted octanol–water partition coefficient (Wildman–Crippen LogP) is 2.62. The molecule has 2 rings (SSSR count). The van der Waals surface area contributed by atoms with Gasteiger partial charge in [0, 0.05) is 23.8 Å². The number of allylic oxidation sites excluding steroid dienone is 2. The molecule has 1 aliphatic carbocycles. The van der Waals surface area contributed by atoms with Crippen LogP contribution >= 0.6 is 11.6 Å². The molecule has 29 heavy (non-hydrogen) atoms. The van der Waals surface area contributed by atoms with Gasteiger partial charge in [0.05, 0.1) is 18.8 Å². The number of unbranched alkanes of at least 4 members (excludes halogenated alkanes) is 1. The molecular formula is C21H27ClO7. The number of hydrogen-bond acceptors (Lipinski definition) is 6. The summed E-state index contributed by atoms with van der Waals surface area (Å²) < 4.78 is 11.1. The highest BCUT2D eigenvalue weighted by molar-refractivity contribution is 6.30. The maximum atomic E-state index is 12.1. The largest absolute Gasteiger partial charge is 0.491 e. The van der Waals surface area contributed by atoms with Gasteiger partial charge in [-0.15, -0.1) is 0 Å². The molecule has 0 saturated heterocycles. The quantitative estimate of drug-likeness (QED) is 0.347. The van der Waals surface area contributed by atoms with E-state index in [-0.39, 0.29) is 31.8 Å². The number of hydrogen-bond donors (Lipinski definition) is 3. The van der Waals surface area contributed by atoms with Gasteiger partial charge in [0.25, 0.3) is 0 Å². The van der Waals surface area contributed by atoms with Gasteiger partial charge in [0.2, 0.25) is 0 Å². The number of halogens is 1. The number of benzene rings is 1. The Balaban J connectivity index is 1.76. The van der Waals surface area contributed by atoms with Crippen molar-refractivity contribution in [2.24, 2.45) is 5.92 Å². The standard InChI is InChI=1S/C21H27ClO7/c22-14-6-5-7-16(10-14)28-12-15(23)13-29-21-17(18(24)11-19(21)25)8-3-1-2-4-9-20(26)27/h1,3,5-7,10,15,17,19,21,23,25H,2,4,8-9,11-13H2,(H,26,27). The van der Waals surface area contributed by atoms with Gasteiger partial charge in [0.1, 0.15) is 24.2 Å². The third-order valence-electron chi connectivity index (χ3n) is 4.64. The number of carbonyl (C=O) groups excluding carboxylic acids is 1. The van der Waals surface area contributed by atoms with Crippen molar-refractivity contribution in [2.75, 3.05) is 13.2 Å². The van der Waals surface area contributed by atoms with E-state index >= 15 is 0 Å². The van der Waals surface area contributed by atoms with Crippen LogP contribution in [0.1, 0.15) is 32.1 Å². The number of ether oxygens (including phenoxy) is 2. The van der Waals surface area contributed by atoms with E-state index in [2.05, 4.69) is 0 Å². The highest BCUT2D eigenvalue weighted by Crippen LogP contribution is 2.29. The molecular weight excluding hydrogens is 400 g/mol. The summed E-state index contributed by atoms with van der Waals surface area (Å²) in [5, 5.41) is 29.3. The molecule has 4 unspecified atom stereocenters. The first-order chi connectivity index (χ1) is 13.9. The van der Waals surface area contributed by atoms with Crippen molar-refractivity contribution in [1.29, 1.82) is 0 Å². The lowest BCUT2D eigenvalue weighted by molar-refractivity contribution is -0.137. The average Bonchev–Trinajstić information content (AvgIpc) is 2.93. The van der Waals surface area contributed by atoms with Crippen LogP contribution in [0.4, 0.5) is 0 Å². The second kappa shape index (κ2) is 11.9. The molecule has 0 spiro atoms. The maximum absolute atomic E-state index is 12.1. The van der Waals surface area contributed by atoms with Crippen molar-refractivity contribution in [3.63, 3.8) is 0 Å². The fraction of sp³-hybridized carbons (Fsp3) is 0.524. The van der Waals surface area contributed by atoms with Gasteiger partial charge in [-0.25, -0.2) is 0 Å². The zero-order valence-electron chi connectivity index (χ0n) is 16.1. The van der Waals surface area contributed by atoms with E-state index in [9.17, 15) is 19.8 Å². The van der Waals surface area contributed by atoms with Gasteiger partial charge in [-0.2, -0.15) is 0 Å². The lowest BCUT2D eigenvalue weighted by Crippen LogP contribution is -2.34. The Kier molecular flexibility index (Phi) is 9.60. The third kappa shape index (κ3) is 8.14. The van der Waals surface area contributed by atoms with Crippen LogP contribution in [0.2, 0.25) is 5.02 Å². The van der Waals surface area contributed by atoms with Crippen LogP contribution in [0.3, 0.4) is 0 Å². The first kappa shape index (κ1) is 23.3. The fourth-order valence-corrected chi connectivity index (χ4v) is 3.35. The summed E-state index contributed by atoms with van der Waals surface area (Å²) in [6.07, 6.45) is 2.81. The molecule has 8 heteroatoms. The topological polar surface area (TPSA) is 113 Å². The van der Waals surface area contributed by atoms with Gasteiger partial charge in [0.15, 0.2) is 0 Å². The average molecular weight is 427 g/mol. The van der Waals surface area contributed by atoms with Crippen molar-refractivity contribution in [1.82, 2.24) is 0 Å². The molecule has 0 bridgehead atoms. The van der Waals surface area contributed by atoms with E-state index in [1.54, 1.807) is 24.3 Å². The zero-order valence-corrected chi connectivity index (χ0v) is 16.8. The molecule has 1 saturated carbocycles. The summed E-state index contributed by atoms with van der Waals surface area (Å²) >= 11 is 5.88. The number of carbonyl (C=O) groups is 2. The number of rotatable bonds is 12. The molecule has 7 nitrogen and oxygen atoms in total. The minimum absolute atomic E-state index is 0.00868. The van der Waals surface area contributed by atoms with Crippen molar-refractivity contribution >= 4 is 23.4 Å².